The molecule has 0 aromatic heterocycles. The highest BCUT2D eigenvalue weighted by atomic mass is 35.5. The third kappa shape index (κ3) is 11.6. The maximum Gasteiger partial charge on any atom is 0.255 e. The molecule has 0 spiro atoms. The van der Waals surface area contributed by atoms with Gasteiger partial charge in [0.1, 0.15) is 11.6 Å². The summed E-state index contributed by atoms with van der Waals surface area (Å²) in [5.74, 6) is -0.276. The highest BCUT2D eigenvalue weighted by Gasteiger charge is 2.31. The standard InChI is InChI=1S/C31H46FN3O5.ClH/c1-21(2)22(19-34-29(37)25-13-6-7-14-28(25)40-16-9-8-15-39-5)17-26(33)27(36)20-35-30(38)31(3,4)23-11-10-12-24(32)18-23;/h6-7,10-14,18,21-22,26-27,36H,8-9,15-17,19-20,33H2,1-5H3,(H,34,37)(H,35,38);1H. The second kappa shape index (κ2) is 18.0. The summed E-state index contributed by atoms with van der Waals surface area (Å²) in [7, 11) is 1.66. The molecule has 0 fully saturated rings. The summed E-state index contributed by atoms with van der Waals surface area (Å²) in [6.45, 7) is 8.97. The van der Waals surface area contributed by atoms with Crippen LogP contribution in [0.3, 0.4) is 0 Å². The van der Waals surface area contributed by atoms with E-state index in [-0.39, 0.29) is 42.6 Å². The smallest absolute Gasteiger partial charge is 0.255 e. The maximum atomic E-state index is 13.7. The third-order valence-electron chi connectivity index (χ3n) is 7.25. The van der Waals surface area contributed by atoms with E-state index in [1.165, 1.54) is 12.1 Å². The number of benzene rings is 2. The molecule has 8 nitrogen and oxygen atoms in total. The van der Waals surface area contributed by atoms with E-state index in [4.69, 9.17) is 15.2 Å². The van der Waals surface area contributed by atoms with Crippen molar-refractivity contribution in [2.24, 2.45) is 17.6 Å². The Kier molecular flexibility index (Phi) is 15.9. The van der Waals surface area contributed by atoms with Crippen molar-refractivity contribution in [3.63, 3.8) is 0 Å². The molecule has 0 aliphatic carbocycles. The van der Waals surface area contributed by atoms with E-state index in [0.29, 0.717) is 43.1 Å². The molecule has 0 saturated heterocycles. The van der Waals surface area contributed by atoms with E-state index in [0.717, 1.165) is 12.8 Å². The number of methoxy groups -OCH3 is 1. The van der Waals surface area contributed by atoms with Crippen molar-refractivity contribution in [1.82, 2.24) is 10.6 Å². The van der Waals surface area contributed by atoms with Crippen LogP contribution in [0.25, 0.3) is 0 Å². The van der Waals surface area contributed by atoms with Gasteiger partial charge in [0.2, 0.25) is 5.91 Å². The van der Waals surface area contributed by atoms with Crippen molar-refractivity contribution in [1.29, 1.82) is 0 Å². The number of halogens is 2. The molecule has 3 unspecified atom stereocenters. The lowest BCUT2D eigenvalue weighted by Crippen LogP contribution is -2.49. The molecule has 2 rings (SSSR count). The Bertz CT molecular complexity index is 1090. The molecule has 0 aliphatic heterocycles. The van der Waals surface area contributed by atoms with Crippen LogP contribution in [-0.2, 0) is 14.9 Å². The van der Waals surface area contributed by atoms with E-state index < -0.39 is 23.4 Å². The number of carbonyl (C=O) groups is 2. The Hall–Kier alpha value is -2.72. The van der Waals surface area contributed by atoms with Crippen LogP contribution < -0.4 is 21.1 Å². The van der Waals surface area contributed by atoms with Crippen molar-refractivity contribution in [3.8, 4) is 5.75 Å². The normalized spacial score (nSPS) is 13.6. The second-order valence-electron chi connectivity index (χ2n) is 11.1. The first kappa shape index (κ1) is 36.3. The molecule has 0 radical (unpaired) electrons. The average Bonchev–Trinajstić information content (AvgIpc) is 2.93. The van der Waals surface area contributed by atoms with Crippen molar-refractivity contribution in [3.05, 3.63) is 65.5 Å². The van der Waals surface area contributed by atoms with Gasteiger partial charge in [-0.05, 0) is 74.8 Å². The van der Waals surface area contributed by atoms with Crippen LogP contribution in [0.5, 0.6) is 5.75 Å². The summed E-state index contributed by atoms with van der Waals surface area (Å²) < 4.78 is 24.6. The van der Waals surface area contributed by atoms with Gasteiger partial charge in [0, 0.05) is 32.8 Å². The molecule has 2 aromatic carbocycles. The van der Waals surface area contributed by atoms with Gasteiger partial charge in [-0.15, -0.1) is 12.4 Å². The van der Waals surface area contributed by atoms with Gasteiger partial charge in [-0.25, -0.2) is 4.39 Å². The number of carbonyl (C=O) groups excluding carboxylic acids is 2. The van der Waals surface area contributed by atoms with Crippen LogP contribution in [-0.4, -0.2) is 62.5 Å². The van der Waals surface area contributed by atoms with Crippen LogP contribution in [0.1, 0.15) is 62.9 Å². The quantitative estimate of drug-likeness (QED) is 0.203. The Morgan fingerprint density at radius 2 is 1.71 bits per heavy atom. The molecule has 10 heteroatoms. The monoisotopic (exact) mass is 595 g/mol. The predicted molar refractivity (Wildman–Crippen MR) is 162 cm³/mol. The zero-order valence-corrected chi connectivity index (χ0v) is 25.6. The fraction of sp³-hybridized carbons (Fsp3) is 0.548. The molecule has 0 heterocycles. The van der Waals surface area contributed by atoms with Gasteiger partial charge in [0.15, 0.2) is 0 Å². The van der Waals surface area contributed by atoms with Crippen LogP contribution >= 0.6 is 12.4 Å². The van der Waals surface area contributed by atoms with E-state index in [9.17, 15) is 19.1 Å². The van der Waals surface area contributed by atoms with Gasteiger partial charge < -0.3 is 30.9 Å². The van der Waals surface area contributed by atoms with Crippen LogP contribution in [0, 0.1) is 17.7 Å². The van der Waals surface area contributed by atoms with Crippen molar-refractivity contribution < 1.29 is 28.6 Å². The van der Waals surface area contributed by atoms with Crippen molar-refractivity contribution in [2.45, 2.75) is 64.5 Å². The summed E-state index contributed by atoms with van der Waals surface area (Å²) in [5, 5.41) is 16.4. The maximum absolute atomic E-state index is 13.7. The number of hydrogen-bond donors (Lipinski definition) is 4. The molecular weight excluding hydrogens is 549 g/mol. The average molecular weight is 596 g/mol. The molecule has 2 amide bonds. The largest absolute Gasteiger partial charge is 0.493 e. The summed E-state index contributed by atoms with van der Waals surface area (Å²) >= 11 is 0. The Balaban J connectivity index is 0.00000840. The number of amides is 2. The SMILES string of the molecule is COCCCCOc1ccccc1C(=O)NCC(CC(N)C(O)CNC(=O)C(C)(C)c1cccc(F)c1)C(C)C.Cl. The van der Waals surface area contributed by atoms with Crippen LogP contribution in [0.2, 0.25) is 0 Å². The number of nitrogens with one attached hydrogen (secondary N) is 2. The second-order valence-corrected chi connectivity index (χ2v) is 11.1. The lowest BCUT2D eigenvalue weighted by molar-refractivity contribution is -0.126. The number of nitrogens with two attached hydrogens (primary N) is 1. The Labute approximate surface area is 250 Å². The Morgan fingerprint density at radius 1 is 1.02 bits per heavy atom. The molecule has 5 N–H and O–H groups in total. The highest BCUT2D eigenvalue weighted by Crippen LogP contribution is 2.24. The van der Waals surface area contributed by atoms with Gasteiger partial charge in [0.05, 0.1) is 23.7 Å². The molecule has 230 valence electrons. The number of ether oxygens (including phenoxy) is 2. The van der Waals surface area contributed by atoms with Crippen molar-refractivity contribution >= 4 is 24.2 Å². The predicted octanol–water partition coefficient (Wildman–Crippen LogP) is 4.23. The summed E-state index contributed by atoms with van der Waals surface area (Å²) in [5.41, 5.74) is 6.34. The van der Waals surface area contributed by atoms with E-state index in [1.54, 1.807) is 51.3 Å². The zero-order valence-electron chi connectivity index (χ0n) is 24.8. The molecule has 3 atom stereocenters. The van der Waals surface area contributed by atoms with Crippen LogP contribution in [0.15, 0.2) is 48.5 Å². The number of rotatable bonds is 17. The minimum atomic E-state index is -0.989. The molecular formula is C31H47ClFN3O5. The van der Waals surface area contributed by atoms with Gasteiger partial charge in [-0.3, -0.25) is 9.59 Å². The van der Waals surface area contributed by atoms with E-state index in [1.807, 2.05) is 19.9 Å². The van der Waals surface area contributed by atoms with Gasteiger partial charge in [-0.1, -0.05) is 38.1 Å². The Morgan fingerprint density at radius 3 is 2.37 bits per heavy atom. The van der Waals surface area contributed by atoms with Crippen molar-refractivity contribution in [2.75, 3.05) is 33.4 Å². The third-order valence-corrected chi connectivity index (χ3v) is 7.25. The number of aliphatic hydroxyl groups is 1. The fourth-order valence-corrected chi connectivity index (χ4v) is 4.31. The number of para-hydroxylation sites is 1. The first-order chi connectivity index (χ1) is 19.0. The number of unbranched alkanes of at least 4 members (excludes halogenated alkanes) is 1. The fourth-order valence-electron chi connectivity index (χ4n) is 4.31. The van der Waals surface area contributed by atoms with Gasteiger partial charge >= 0.3 is 0 Å². The number of aliphatic hydroxyl groups excluding tert-OH is 1. The lowest BCUT2D eigenvalue weighted by Gasteiger charge is -2.29. The summed E-state index contributed by atoms with van der Waals surface area (Å²) in [4.78, 5) is 25.8. The topological polar surface area (TPSA) is 123 Å². The molecule has 0 aliphatic rings. The number of hydrogen-bond acceptors (Lipinski definition) is 6. The van der Waals surface area contributed by atoms with Gasteiger partial charge in [0.25, 0.3) is 5.91 Å². The minimum absolute atomic E-state index is 0. The van der Waals surface area contributed by atoms with Crippen LogP contribution in [0.4, 0.5) is 4.39 Å². The first-order valence-electron chi connectivity index (χ1n) is 13.9. The first-order valence-corrected chi connectivity index (χ1v) is 13.9. The molecule has 2 aromatic rings. The minimum Gasteiger partial charge on any atom is -0.493 e. The molecule has 0 saturated carbocycles. The van der Waals surface area contributed by atoms with E-state index in [2.05, 4.69) is 10.6 Å². The lowest BCUT2D eigenvalue weighted by atomic mass is 9.83. The highest BCUT2D eigenvalue weighted by molar-refractivity contribution is 5.96. The molecule has 0 bridgehead atoms. The molecule has 41 heavy (non-hydrogen) atoms. The van der Waals surface area contributed by atoms with E-state index >= 15 is 0 Å². The van der Waals surface area contributed by atoms with Gasteiger partial charge in [-0.2, -0.15) is 0 Å². The summed E-state index contributed by atoms with van der Waals surface area (Å²) in [6, 6.07) is 12.4. The summed E-state index contributed by atoms with van der Waals surface area (Å²) in [6.07, 6.45) is 1.15. The zero-order chi connectivity index (χ0) is 29.7.